The van der Waals surface area contributed by atoms with Crippen molar-refractivity contribution < 1.29 is 12.6 Å². The van der Waals surface area contributed by atoms with Crippen LogP contribution in [0.25, 0.3) is 0 Å². The van der Waals surface area contributed by atoms with Gasteiger partial charge in [-0.25, -0.2) is 0 Å². The molecule has 0 amide bonds. The van der Waals surface area contributed by atoms with Crippen molar-refractivity contribution in [2.24, 2.45) is 0 Å². The fourth-order valence-corrected chi connectivity index (χ4v) is 2.19. The summed E-state index contributed by atoms with van der Waals surface area (Å²) in [6.07, 6.45) is 0.391. The molecule has 15 heavy (non-hydrogen) atoms. The highest BCUT2D eigenvalue weighted by Crippen LogP contribution is 2.15. The lowest BCUT2D eigenvalue weighted by Crippen LogP contribution is -2.14. The van der Waals surface area contributed by atoms with Gasteiger partial charge in [0.05, 0.1) is 11.0 Å². The average Bonchev–Trinajstić information content (AvgIpc) is 2.17. The Morgan fingerprint density at radius 1 is 1.27 bits per heavy atom. The predicted octanol–water partition coefficient (Wildman–Crippen LogP) is 2.50. The van der Waals surface area contributed by atoms with E-state index in [2.05, 4.69) is 0 Å². The summed E-state index contributed by atoms with van der Waals surface area (Å²) in [5, 5.41) is 0. The minimum absolute atomic E-state index is 0.216. The van der Waals surface area contributed by atoms with Gasteiger partial charge in [0.25, 0.3) is 10.1 Å². The Morgan fingerprint density at radius 3 is 2.27 bits per heavy atom. The zero-order valence-electron chi connectivity index (χ0n) is 9.23. The summed E-state index contributed by atoms with van der Waals surface area (Å²) in [6.45, 7) is 5.53. The molecule has 0 aliphatic rings. The van der Waals surface area contributed by atoms with E-state index in [9.17, 15) is 8.42 Å². The first-order valence-corrected chi connectivity index (χ1v) is 6.36. The highest BCUT2D eigenvalue weighted by Gasteiger charge is 2.17. The summed E-state index contributed by atoms with van der Waals surface area (Å²) in [5.41, 5.74) is 1.03. The molecule has 1 atom stereocenters. The van der Waals surface area contributed by atoms with Crippen LogP contribution in [0.3, 0.4) is 0 Å². The lowest BCUT2D eigenvalue weighted by molar-refractivity contribution is 0.224. The second-order valence-electron chi connectivity index (χ2n) is 3.58. The van der Waals surface area contributed by atoms with Crippen LogP contribution in [0.1, 0.15) is 25.8 Å². The Morgan fingerprint density at radius 2 is 1.80 bits per heavy atom. The quantitative estimate of drug-likeness (QED) is 0.744. The molecule has 0 heterocycles. The van der Waals surface area contributed by atoms with Gasteiger partial charge in [-0.05, 0) is 32.4 Å². The van der Waals surface area contributed by atoms with Gasteiger partial charge in [-0.15, -0.1) is 0 Å². The van der Waals surface area contributed by atoms with E-state index in [0.717, 1.165) is 5.56 Å². The molecule has 1 rings (SSSR count). The molecule has 0 saturated carbocycles. The Hall–Kier alpha value is -0.870. The summed E-state index contributed by atoms with van der Waals surface area (Å²) < 4.78 is 28.4. The molecule has 0 aliphatic heterocycles. The van der Waals surface area contributed by atoms with Crippen LogP contribution in [-0.2, 0) is 14.3 Å². The smallest absolute Gasteiger partial charge is 0.263 e. The monoisotopic (exact) mass is 228 g/mol. The van der Waals surface area contributed by atoms with Gasteiger partial charge in [0.1, 0.15) is 0 Å². The van der Waals surface area contributed by atoms with Crippen LogP contribution in [0.15, 0.2) is 29.2 Å². The summed E-state index contributed by atoms with van der Waals surface area (Å²) in [6, 6.07) is 6.64. The molecule has 0 aromatic heterocycles. The van der Waals surface area contributed by atoms with Crippen molar-refractivity contribution >= 4 is 10.1 Å². The first-order valence-electron chi connectivity index (χ1n) is 4.95. The van der Waals surface area contributed by atoms with Crippen LogP contribution >= 0.6 is 0 Å². The Kier molecular flexibility index (Phi) is 3.88. The van der Waals surface area contributed by atoms with Crippen molar-refractivity contribution in [3.05, 3.63) is 29.8 Å². The summed E-state index contributed by atoms with van der Waals surface area (Å²) in [4.78, 5) is 0.216. The molecule has 0 aliphatic carbocycles. The van der Waals surface area contributed by atoms with Crippen molar-refractivity contribution in [1.82, 2.24) is 0 Å². The van der Waals surface area contributed by atoms with Crippen LogP contribution in [0.5, 0.6) is 0 Å². The Bertz CT molecular complexity index is 406. The average molecular weight is 228 g/mol. The van der Waals surface area contributed by atoms with E-state index < -0.39 is 10.1 Å². The van der Waals surface area contributed by atoms with Crippen LogP contribution in [0, 0.1) is 6.92 Å². The SMILES string of the molecule is CCC(C)OS(=O)(=O)c1ccc(C)cc1. The van der Waals surface area contributed by atoms with Gasteiger partial charge in [0.2, 0.25) is 0 Å². The number of hydrogen-bond donors (Lipinski definition) is 0. The van der Waals surface area contributed by atoms with Gasteiger partial charge in [-0.3, -0.25) is 4.18 Å². The molecular formula is C11H16O3S. The fraction of sp³-hybridized carbons (Fsp3) is 0.455. The van der Waals surface area contributed by atoms with Gasteiger partial charge in [-0.1, -0.05) is 24.6 Å². The van der Waals surface area contributed by atoms with E-state index in [1.165, 1.54) is 0 Å². The largest absolute Gasteiger partial charge is 0.297 e. The standard InChI is InChI=1S/C11H16O3S/c1-4-10(3)14-15(12,13)11-7-5-9(2)6-8-11/h5-8,10H,4H2,1-3H3. The minimum Gasteiger partial charge on any atom is -0.263 e. The van der Waals surface area contributed by atoms with Gasteiger partial charge in [0, 0.05) is 0 Å². The third-order valence-corrected chi connectivity index (χ3v) is 3.61. The van der Waals surface area contributed by atoms with E-state index >= 15 is 0 Å². The lowest BCUT2D eigenvalue weighted by atomic mass is 10.2. The van der Waals surface area contributed by atoms with E-state index in [1.807, 2.05) is 13.8 Å². The summed E-state index contributed by atoms with van der Waals surface area (Å²) in [7, 11) is -3.59. The van der Waals surface area contributed by atoms with Crippen molar-refractivity contribution in [3.63, 3.8) is 0 Å². The number of hydrogen-bond acceptors (Lipinski definition) is 3. The molecule has 3 nitrogen and oxygen atoms in total. The predicted molar refractivity (Wildman–Crippen MR) is 59.2 cm³/mol. The highest BCUT2D eigenvalue weighted by molar-refractivity contribution is 7.86. The van der Waals surface area contributed by atoms with Crippen molar-refractivity contribution in [3.8, 4) is 0 Å². The van der Waals surface area contributed by atoms with Crippen molar-refractivity contribution in [1.29, 1.82) is 0 Å². The van der Waals surface area contributed by atoms with Crippen LogP contribution in [-0.4, -0.2) is 14.5 Å². The van der Waals surface area contributed by atoms with E-state index in [0.29, 0.717) is 6.42 Å². The molecular weight excluding hydrogens is 212 g/mol. The Labute approximate surface area is 91.2 Å². The first-order chi connectivity index (χ1) is 6.95. The topological polar surface area (TPSA) is 43.4 Å². The minimum atomic E-state index is -3.59. The van der Waals surface area contributed by atoms with E-state index in [1.54, 1.807) is 31.2 Å². The van der Waals surface area contributed by atoms with Crippen molar-refractivity contribution in [2.75, 3.05) is 0 Å². The molecule has 0 bridgehead atoms. The summed E-state index contributed by atoms with van der Waals surface area (Å²) in [5.74, 6) is 0. The molecule has 0 saturated heterocycles. The van der Waals surface area contributed by atoms with Crippen LogP contribution in [0.2, 0.25) is 0 Å². The van der Waals surface area contributed by atoms with Gasteiger partial charge >= 0.3 is 0 Å². The van der Waals surface area contributed by atoms with Crippen LogP contribution in [0.4, 0.5) is 0 Å². The third kappa shape index (κ3) is 3.32. The maximum absolute atomic E-state index is 11.7. The molecule has 4 heteroatoms. The maximum atomic E-state index is 11.7. The molecule has 0 N–H and O–H groups in total. The molecule has 0 fully saturated rings. The maximum Gasteiger partial charge on any atom is 0.297 e. The zero-order chi connectivity index (χ0) is 11.5. The molecule has 1 aromatic rings. The first kappa shape index (κ1) is 12.2. The number of aryl methyl sites for hydroxylation is 1. The van der Waals surface area contributed by atoms with E-state index in [4.69, 9.17) is 4.18 Å². The molecule has 1 aromatic carbocycles. The normalized spacial score (nSPS) is 13.8. The van der Waals surface area contributed by atoms with E-state index in [-0.39, 0.29) is 11.0 Å². The second-order valence-corrected chi connectivity index (χ2v) is 5.15. The molecule has 0 spiro atoms. The second kappa shape index (κ2) is 4.77. The van der Waals surface area contributed by atoms with Gasteiger partial charge in [-0.2, -0.15) is 8.42 Å². The molecule has 84 valence electrons. The van der Waals surface area contributed by atoms with Crippen LogP contribution < -0.4 is 0 Å². The fourth-order valence-electron chi connectivity index (χ4n) is 1.04. The third-order valence-electron chi connectivity index (χ3n) is 2.18. The number of rotatable bonds is 4. The van der Waals surface area contributed by atoms with Gasteiger partial charge in [0.15, 0.2) is 0 Å². The van der Waals surface area contributed by atoms with Gasteiger partial charge < -0.3 is 0 Å². The summed E-state index contributed by atoms with van der Waals surface area (Å²) >= 11 is 0. The number of benzene rings is 1. The molecule has 1 unspecified atom stereocenters. The molecule has 0 radical (unpaired) electrons. The lowest BCUT2D eigenvalue weighted by Gasteiger charge is -2.10. The highest BCUT2D eigenvalue weighted by atomic mass is 32.2. The zero-order valence-corrected chi connectivity index (χ0v) is 10.0. The van der Waals surface area contributed by atoms with Crippen molar-refractivity contribution in [2.45, 2.75) is 38.2 Å². The Balaban J connectivity index is 2.91.